The van der Waals surface area contributed by atoms with Gasteiger partial charge in [0.1, 0.15) is 0 Å². The molecule has 0 aliphatic rings. The van der Waals surface area contributed by atoms with Crippen molar-refractivity contribution in [2.75, 3.05) is 40.0 Å². The van der Waals surface area contributed by atoms with E-state index in [1.54, 1.807) is 13.3 Å². The Hall–Kier alpha value is -0.910. The summed E-state index contributed by atoms with van der Waals surface area (Å²) in [6, 6.07) is 1.92. The molecular formula is C10H19N3O2. The SMILES string of the molecule is COCCOCCNCCn1cccn1. The molecule has 0 unspecified atom stereocenters. The molecule has 5 heteroatoms. The molecule has 0 aliphatic heterocycles. The maximum Gasteiger partial charge on any atom is 0.0700 e. The summed E-state index contributed by atoms with van der Waals surface area (Å²) in [5.74, 6) is 0. The number of hydrogen-bond donors (Lipinski definition) is 1. The van der Waals surface area contributed by atoms with Gasteiger partial charge in [0.25, 0.3) is 0 Å². The quantitative estimate of drug-likeness (QED) is 0.593. The van der Waals surface area contributed by atoms with Gasteiger partial charge in [-0.05, 0) is 6.07 Å². The smallest absolute Gasteiger partial charge is 0.0700 e. The maximum atomic E-state index is 5.30. The van der Waals surface area contributed by atoms with Crippen molar-refractivity contribution >= 4 is 0 Å². The fourth-order valence-corrected chi connectivity index (χ4v) is 1.14. The zero-order chi connectivity index (χ0) is 10.8. The molecule has 1 aromatic heterocycles. The van der Waals surface area contributed by atoms with E-state index >= 15 is 0 Å². The third-order valence-corrected chi connectivity index (χ3v) is 1.93. The third kappa shape index (κ3) is 6.22. The van der Waals surface area contributed by atoms with Crippen molar-refractivity contribution in [2.45, 2.75) is 6.54 Å². The van der Waals surface area contributed by atoms with E-state index in [0.717, 1.165) is 26.2 Å². The minimum absolute atomic E-state index is 0.660. The molecule has 1 heterocycles. The largest absolute Gasteiger partial charge is 0.382 e. The topological polar surface area (TPSA) is 48.3 Å². The van der Waals surface area contributed by atoms with Gasteiger partial charge in [-0.25, -0.2) is 0 Å². The first-order chi connectivity index (χ1) is 7.43. The van der Waals surface area contributed by atoms with Crippen molar-refractivity contribution in [3.63, 3.8) is 0 Å². The van der Waals surface area contributed by atoms with E-state index in [-0.39, 0.29) is 0 Å². The van der Waals surface area contributed by atoms with Crippen LogP contribution in [-0.4, -0.2) is 49.8 Å². The third-order valence-electron chi connectivity index (χ3n) is 1.93. The average molecular weight is 213 g/mol. The predicted molar refractivity (Wildman–Crippen MR) is 57.8 cm³/mol. The van der Waals surface area contributed by atoms with E-state index < -0.39 is 0 Å². The molecule has 0 aliphatic carbocycles. The molecule has 0 amide bonds. The van der Waals surface area contributed by atoms with Gasteiger partial charge in [0.2, 0.25) is 0 Å². The highest BCUT2D eigenvalue weighted by Gasteiger charge is 1.91. The van der Waals surface area contributed by atoms with Gasteiger partial charge in [-0.3, -0.25) is 4.68 Å². The molecule has 0 spiro atoms. The molecule has 0 radical (unpaired) electrons. The van der Waals surface area contributed by atoms with Crippen molar-refractivity contribution in [1.82, 2.24) is 15.1 Å². The molecule has 15 heavy (non-hydrogen) atoms. The molecule has 86 valence electrons. The van der Waals surface area contributed by atoms with Crippen LogP contribution in [0.15, 0.2) is 18.5 Å². The van der Waals surface area contributed by atoms with Crippen LogP contribution in [0.25, 0.3) is 0 Å². The second-order valence-electron chi connectivity index (χ2n) is 3.12. The molecule has 0 saturated heterocycles. The molecule has 0 atom stereocenters. The lowest BCUT2D eigenvalue weighted by Gasteiger charge is -2.05. The minimum atomic E-state index is 0.660. The Morgan fingerprint density at radius 3 is 2.93 bits per heavy atom. The molecule has 0 saturated carbocycles. The van der Waals surface area contributed by atoms with Crippen LogP contribution in [-0.2, 0) is 16.0 Å². The zero-order valence-electron chi connectivity index (χ0n) is 9.19. The molecule has 5 nitrogen and oxygen atoms in total. The van der Waals surface area contributed by atoms with E-state index in [2.05, 4.69) is 10.4 Å². The van der Waals surface area contributed by atoms with Crippen LogP contribution in [0.1, 0.15) is 0 Å². The van der Waals surface area contributed by atoms with E-state index in [0.29, 0.717) is 13.2 Å². The molecule has 0 fully saturated rings. The second-order valence-corrected chi connectivity index (χ2v) is 3.12. The Balaban J connectivity index is 1.81. The van der Waals surface area contributed by atoms with Crippen LogP contribution in [0, 0.1) is 0 Å². The summed E-state index contributed by atoms with van der Waals surface area (Å²) >= 11 is 0. The summed E-state index contributed by atoms with van der Waals surface area (Å²) in [5, 5.41) is 7.38. The van der Waals surface area contributed by atoms with Crippen molar-refractivity contribution in [1.29, 1.82) is 0 Å². The van der Waals surface area contributed by atoms with Crippen LogP contribution in [0.3, 0.4) is 0 Å². The Bertz CT molecular complexity index is 227. The number of hydrogen-bond acceptors (Lipinski definition) is 4. The Kier molecular flexibility index (Phi) is 6.81. The Morgan fingerprint density at radius 1 is 1.27 bits per heavy atom. The summed E-state index contributed by atoms with van der Waals surface area (Å²) in [6.45, 7) is 4.72. The first kappa shape index (κ1) is 12.2. The van der Waals surface area contributed by atoms with Gasteiger partial charge < -0.3 is 14.8 Å². The van der Waals surface area contributed by atoms with E-state index in [4.69, 9.17) is 9.47 Å². The highest BCUT2D eigenvalue weighted by molar-refractivity contribution is 4.77. The van der Waals surface area contributed by atoms with Gasteiger partial charge in [0.05, 0.1) is 26.4 Å². The molecule has 1 N–H and O–H groups in total. The van der Waals surface area contributed by atoms with Gasteiger partial charge >= 0.3 is 0 Å². The molecule has 0 bridgehead atoms. The first-order valence-corrected chi connectivity index (χ1v) is 5.18. The monoisotopic (exact) mass is 213 g/mol. The number of aromatic nitrogens is 2. The number of rotatable bonds is 9. The summed E-state index contributed by atoms with van der Waals surface area (Å²) in [7, 11) is 1.67. The first-order valence-electron chi connectivity index (χ1n) is 5.18. The summed E-state index contributed by atoms with van der Waals surface area (Å²) in [4.78, 5) is 0. The highest BCUT2D eigenvalue weighted by atomic mass is 16.5. The number of methoxy groups -OCH3 is 1. The van der Waals surface area contributed by atoms with E-state index in [9.17, 15) is 0 Å². The molecular weight excluding hydrogens is 194 g/mol. The minimum Gasteiger partial charge on any atom is -0.382 e. The zero-order valence-corrected chi connectivity index (χ0v) is 9.19. The summed E-state index contributed by atoms with van der Waals surface area (Å²) in [6.07, 6.45) is 3.74. The van der Waals surface area contributed by atoms with Crippen LogP contribution in [0.5, 0.6) is 0 Å². The normalized spacial score (nSPS) is 10.7. The van der Waals surface area contributed by atoms with Gasteiger partial charge in [0, 0.05) is 32.6 Å². The number of nitrogens with zero attached hydrogens (tertiary/aromatic N) is 2. The van der Waals surface area contributed by atoms with Gasteiger partial charge in [-0.2, -0.15) is 5.10 Å². The van der Waals surface area contributed by atoms with Crippen LogP contribution in [0.4, 0.5) is 0 Å². The van der Waals surface area contributed by atoms with Crippen LogP contribution < -0.4 is 5.32 Å². The van der Waals surface area contributed by atoms with Crippen molar-refractivity contribution in [2.24, 2.45) is 0 Å². The molecule has 0 aromatic carbocycles. The highest BCUT2D eigenvalue weighted by Crippen LogP contribution is 1.82. The Morgan fingerprint density at radius 2 is 2.20 bits per heavy atom. The molecule has 1 aromatic rings. The number of nitrogens with one attached hydrogen (secondary N) is 1. The summed E-state index contributed by atoms with van der Waals surface area (Å²) in [5.41, 5.74) is 0. The Labute approximate surface area is 90.4 Å². The molecule has 1 rings (SSSR count). The fourth-order valence-electron chi connectivity index (χ4n) is 1.14. The van der Waals surface area contributed by atoms with E-state index in [1.165, 1.54) is 0 Å². The van der Waals surface area contributed by atoms with Crippen LogP contribution in [0.2, 0.25) is 0 Å². The van der Waals surface area contributed by atoms with Crippen molar-refractivity contribution in [3.8, 4) is 0 Å². The lowest BCUT2D eigenvalue weighted by Crippen LogP contribution is -2.24. The fraction of sp³-hybridized carbons (Fsp3) is 0.700. The lowest BCUT2D eigenvalue weighted by atomic mass is 10.5. The van der Waals surface area contributed by atoms with Crippen molar-refractivity contribution in [3.05, 3.63) is 18.5 Å². The second kappa shape index (κ2) is 8.40. The van der Waals surface area contributed by atoms with Crippen LogP contribution >= 0.6 is 0 Å². The van der Waals surface area contributed by atoms with Gasteiger partial charge in [-0.1, -0.05) is 0 Å². The standard InChI is InChI=1S/C10H19N3O2/c1-14-9-10-15-8-5-11-4-7-13-6-2-3-12-13/h2-3,6,11H,4-5,7-10H2,1H3. The van der Waals surface area contributed by atoms with Gasteiger partial charge in [0.15, 0.2) is 0 Å². The predicted octanol–water partition coefficient (Wildman–Crippen LogP) is 0.136. The number of ether oxygens (including phenoxy) is 2. The average Bonchev–Trinajstić information content (AvgIpc) is 2.75. The van der Waals surface area contributed by atoms with Crippen molar-refractivity contribution < 1.29 is 9.47 Å². The van der Waals surface area contributed by atoms with E-state index in [1.807, 2.05) is 16.9 Å². The van der Waals surface area contributed by atoms with Gasteiger partial charge in [-0.15, -0.1) is 0 Å². The lowest BCUT2D eigenvalue weighted by molar-refractivity contribution is 0.0719. The summed E-state index contributed by atoms with van der Waals surface area (Å²) < 4.78 is 12.1. The maximum absolute atomic E-state index is 5.30.